The van der Waals surface area contributed by atoms with Crippen LogP contribution >= 0.6 is 0 Å². The number of nitrogens with zero attached hydrogens (tertiary/aromatic N) is 7. The number of aromatic nitrogens is 5. The zero-order chi connectivity index (χ0) is 18.4. The van der Waals surface area contributed by atoms with Crippen molar-refractivity contribution in [2.45, 2.75) is 45.9 Å². The molecule has 0 aliphatic carbocycles. The first-order valence-electron chi connectivity index (χ1n) is 9.51. The van der Waals surface area contributed by atoms with E-state index in [4.69, 9.17) is 4.98 Å². The van der Waals surface area contributed by atoms with E-state index in [9.17, 15) is 0 Å². The molecule has 4 heterocycles. The minimum absolute atomic E-state index is 0.383. The monoisotopic (exact) mass is 361 g/mol. The van der Waals surface area contributed by atoms with Gasteiger partial charge in [0.25, 0.3) is 0 Å². The molecule has 138 valence electrons. The van der Waals surface area contributed by atoms with Gasteiger partial charge in [-0.25, -0.2) is 4.98 Å². The Morgan fingerprint density at radius 1 is 0.889 bits per heavy atom. The predicted molar refractivity (Wildman–Crippen MR) is 104 cm³/mol. The summed E-state index contributed by atoms with van der Waals surface area (Å²) < 4.78 is 2.24. The first-order chi connectivity index (χ1) is 13.2. The summed E-state index contributed by atoms with van der Waals surface area (Å²) >= 11 is 0. The van der Waals surface area contributed by atoms with Crippen molar-refractivity contribution in [3.63, 3.8) is 0 Å². The van der Waals surface area contributed by atoms with Crippen LogP contribution in [0.1, 0.15) is 42.5 Å². The van der Waals surface area contributed by atoms with E-state index >= 15 is 0 Å². The minimum atomic E-state index is 0.383. The van der Waals surface area contributed by atoms with E-state index in [0.717, 1.165) is 49.6 Å². The first kappa shape index (κ1) is 16.2. The van der Waals surface area contributed by atoms with Crippen molar-refractivity contribution in [3.05, 3.63) is 59.3 Å². The molecule has 0 N–H and O–H groups in total. The fourth-order valence-electron chi connectivity index (χ4n) is 3.94. The summed E-state index contributed by atoms with van der Waals surface area (Å²) in [5.74, 6) is 4.19. The maximum absolute atomic E-state index is 4.86. The van der Waals surface area contributed by atoms with Crippen LogP contribution in [0.5, 0.6) is 0 Å². The third-order valence-corrected chi connectivity index (χ3v) is 5.37. The summed E-state index contributed by atoms with van der Waals surface area (Å²) in [6.45, 7) is 8.56. The average Bonchev–Trinajstić information content (AvgIpc) is 3.31. The molecule has 7 heteroatoms. The molecule has 0 saturated heterocycles. The molecule has 0 fully saturated rings. The topological polar surface area (TPSA) is 63.0 Å². The van der Waals surface area contributed by atoms with Crippen molar-refractivity contribution in [2.24, 2.45) is 0 Å². The van der Waals surface area contributed by atoms with Crippen molar-refractivity contribution in [1.82, 2.24) is 24.7 Å². The molecular formula is C20H23N7. The van der Waals surface area contributed by atoms with Crippen molar-refractivity contribution < 1.29 is 0 Å². The highest BCUT2D eigenvalue weighted by Crippen LogP contribution is 2.28. The Bertz CT molecular complexity index is 953. The van der Waals surface area contributed by atoms with Gasteiger partial charge in [0.05, 0.1) is 6.54 Å². The van der Waals surface area contributed by atoms with Crippen LogP contribution in [0, 0.1) is 0 Å². The molecule has 2 aliphatic rings. The molecule has 27 heavy (non-hydrogen) atoms. The van der Waals surface area contributed by atoms with E-state index in [0.29, 0.717) is 12.5 Å². The quantitative estimate of drug-likeness (QED) is 0.715. The molecule has 0 bridgehead atoms. The second-order valence-corrected chi connectivity index (χ2v) is 7.54. The van der Waals surface area contributed by atoms with Crippen LogP contribution in [0.25, 0.3) is 0 Å². The molecule has 0 radical (unpaired) electrons. The van der Waals surface area contributed by atoms with E-state index in [-0.39, 0.29) is 0 Å². The molecule has 3 aromatic rings. The second kappa shape index (κ2) is 6.33. The molecule has 7 nitrogen and oxygen atoms in total. The highest BCUT2D eigenvalue weighted by Gasteiger charge is 2.25. The lowest BCUT2D eigenvalue weighted by Crippen LogP contribution is -2.35. The fourth-order valence-corrected chi connectivity index (χ4v) is 3.94. The fraction of sp³-hybridized carbons (Fsp3) is 0.400. The number of benzene rings is 1. The summed E-state index contributed by atoms with van der Waals surface area (Å²) in [4.78, 5) is 13.9. The van der Waals surface area contributed by atoms with Crippen LogP contribution in [0.15, 0.2) is 36.5 Å². The summed E-state index contributed by atoms with van der Waals surface area (Å²) in [6.07, 6.45) is 1.86. The largest absolute Gasteiger partial charge is 0.348 e. The summed E-state index contributed by atoms with van der Waals surface area (Å²) in [5, 5.41) is 8.75. The van der Waals surface area contributed by atoms with Gasteiger partial charge in [0.1, 0.15) is 11.6 Å². The molecule has 0 spiro atoms. The van der Waals surface area contributed by atoms with Gasteiger partial charge in [-0.3, -0.25) is 0 Å². The molecule has 1 aromatic carbocycles. The van der Waals surface area contributed by atoms with Crippen molar-refractivity contribution in [3.8, 4) is 0 Å². The number of rotatable bonds is 3. The Hall–Kier alpha value is -2.96. The van der Waals surface area contributed by atoms with E-state index in [1.807, 2.05) is 12.3 Å². The molecule has 0 amide bonds. The SMILES string of the molecule is CC(C)c1nnc2n1CCN(c1nccc(N3Cc4ccccc4C3)n1)C2. The zero-order valence-electron chi connectivity index (χ0n) is 15.7. The van der Waals surface area contributed by atoms with Crippen molar-refractivity contribution >= 4 is 11.8 Å². The van der Waals surface area contributed by atoms with E-state index in [2.05, 4.69) is 67.7 Å². The van der Waals surface area contributed by atoms with Crippen LogP contribution < -0.4 is 9.80 Å². The average molecular weight is 361 g/mol. The highest BCUT2D eigenvalue weighted by atomic mass is 15.4. The van der Waals surface area contributed by atoms with Crippen LogP contribution in [0.3, 0.4) is 0 Å². The van der Waals surface area contributed by atoms with Crippen LogP contribution in [-0.2, 0) is 26.2 Å². The molecular weight excluding hydrogens is 338 g/mol. The van der Waals surface area contributed by atoms with Gasteiger partial charge in [0, 0.05) is 38.3 Å². The van der Waals surface area contributed by atoms with E-state index in [1.165, 1.54) is 11.1 Å². The number of fused-ring (bicyclic) bond motifs is 2. The smallest absolute Gasteiger partial charge is 0.227 e. The standard InChI is InChI=1S/C20H23N7/c1-14(2)19-24-23-18-13-25(9-10-27(18)19)20-21-8-7-17(22-20)26-11-15-5-3-4-6-16(15)12-26/h3-8,14H,9-13H2,1-2H3. The van der Waals surface area contributed by atoms with Gasteiger partial charge in [-0.1, -0.05) is 38.1 Å². The van der Waals surface area contributed by atoms with Crippen molar-refractivity contribution in [2.75, 3.05) is 16.3 Å². The Balaban J connectivity index is 1.37. The van der Waals surface area contributed by atoms with Crippen LogP contribution in [0.2, 0.25) is 0 Å². The lowest BCUT2D eigenvalue weighted by Gasteiger charge is -2.29. The lowest BCUT2D eigenvalue weighted by molar-refractivity contribution is 0.526. The normalized spacial score (nSPS) is 16.0. The molecule has 0 saturated carbocycles. The Morgan fingerprint density at radius 2 is 1.67 bits per heavy atom. The number of hydrogen-bond donors (Lipinski definition) is 0. The summed E-state index contributed by atoms with van der Waals surface area (Å²) in [7, 11) is 0. The minimum Gasteiger partial charge on any atom is -0.348 e. The van der Waals surface area contributed by atoms with Gasteiger partial charge in [0.2, 0.25) is 5.95 Å². The number of hydrogen-bond acceptors (Lipinski definition) is 6. The lowest BCUT2D eigenvalue weighted by atomic mass is 10.1. The first-order valence-corrected chi connectivity index (χ1v) is 9.51. The van der Waals surface area contributed by atoms with Gasteiger partial charge in [-0.15, -0.1) is 10.2 Å². The molecule has 5 rings (SSSR count). The Labute approximate surface area is 158 Å². The number of anilines is 2. The van der Waals surface area contributed by atoms with E-state index < -0.39 is 0 Å². The van der Waals surface area contributed by atoms with E-state index in [1.54, 1.807) is 0 Å². The highest BCUT2D eigenvalue weighted by molar-refractivity contribution is 5.49. The van der Waals surface area contributed by atoms with Gasteiger partial charge in [-0.2, -0.15) is 4.98 Å². The predicted octanol–water partition coefficient (Wildman–Crippen LogP) is 2.73. The summed E-state index contributed by atoms with van der Waals surface area (Å²) in [5.41, 5.74) is 2.76. The van der Waals surface area contributed by atoms with Gasteiger partial charge >= 0.3 is 0 Å². The molecule has 2 aromatic heterocycles. The Kier molecular flexibility index (Phi) is 3.81. The maximum Gasteiger partial charge on any atom is 0.227 e. The second-order valence-electron chi connectivity index (χ2n) is 7.54. The maximum atomic E-state index is 4.86. The van der Waals surface area contributed by atoms with Gasteiger partial charge in [0.15, 0.2) is 5.82 Å². The Morgan fingerprint density at radius 3 is 2.41 bits per heavy atom. The van der Waals surface area contributed by atoms with Crippen LogP contribution in [-0.4, -0.2) is 31.3 Å². The molecule has 0 unspecified atom stereocenters. The summed E-state index contributed by atoms with van der Waals surface area (Å²) in [6, 6.07) is 10.6. The van der Waals surface area contributed by atoms with Gasteiger partial charge < -0.3 is 14.4 Å². The van der Waals surface area contributed by atoms with Crippen LogP contribution in [0.4, 0.5) is 11.8 Å². The third-order valence-electron chi connectivity index (χ3n) is 5.37. The molecule has 0 atom stereocenters. The van der Waals surface area contributed by atoms with Crippen molar-refractivity contribution in [1.29, 1.82) is 0 Å². The zero-order valence-corrected chi connectivity index (χ0v) is 15.7. The third kappa shape index (κ3) is 2.83. The molecule has 2 aliphatic heterocycles. The van der Waals surface area contributed by atoms with Gasteiger partial charge in [-0.05, 0) is 17.2 Å².